The molecule has 8 nitrogen and oxygen atoms in total. The number of carbonyl (C=O) groups excluding carboxylic acids is 2. The molecule has 2 atom stereocenters. The molecule has 0 aliphatic carbocycles. The van der Waals surface area contributed by atoms with Gasteiger partial charge in [0.1, 0.15) is 17.6 Å². The molecule has 33 heavy (non-hydrogen) atoms. The molecule has 0 saturated heterocycles. The number of aliphatic hydroxyl groups excluding tert-OH is 1. The molecule has 1 N–H and O–H groups in total. The summed E-state index contributed by atoms with van der Waals surface area (Å²) < 4.78 is 16.3. The topological polar surface area (TPSA) is 96.4 Å². The molecule has 172 valence electrons. The zero-order valence-corrected chi connectivity index (χ0v) is 18.7. The molecule has 0 bridgehead atoms. The minimum Gasteiger partial charge on any atom is -0.503 e. The van der Waals surface area contributed by atoms with Crippen LogP contribution in [0.15, 0.2) is 81.2 Å². The minimum atomic E-state index is -0.879. The zero-order chi connectivity index (χ0) is 23.5. The van der Waals surface area contributed by atoms with Crippen LogP contribution in [0.25, 0.3) is 0 Å². The number of likely N-dealkylation sites (N-methyl/N-ethyl adjacent to an activating group) is 1. The van der Waals surface area contributed by atoms with Crippen LogP contribution in [0.5, 0.6) is 5.75 Å². The zero-order valence-electron chi connectivity index (χ0n) is 18.7. The van der Waals surface area contributed by atoms with Gasteiger partial charge in [-0.05, 0) is 63.0 Å². The van der Waals surface area contributed by atoms with Gasteiger partial charge in [0.2, 0.25) is 5.78 Å². The summed E-state index contributed by atoms with van der Waals surface area (Å²) >= 11 is 0. The number of ether oxygens (including phenoxy) is 1. The lowest BCUT2D eigenvalue weighted by molar-refractivity contribution is -0.130. The fourth-order valence-electron chi connectivity index (χ4n) is 4.06. The summed E-state index contributed by atoms with van der Waals surface area (Å²) in [6.45, 7) is 2.70. The number of amides is 1. The van der Waals surface area contributed by atoms with Gasteiger partial charge in [0.05, 0.1) is 30.7 Å². The lowest BCUT2D eigenvalue weighted by Gasteiger charge is -2.32. The highest BCUT2D eigenvalue weighted by Crippen LogP contribution is 2.40. The molecule has 1 aliphatic rings. The van der Waals surface area contributed by atoms with Gasteiger partial charge in [0.15, 0.2) is 11.5 Å². The first-order valence-corrected chi connectivity index (χ1v) is 10.7. The summed E-state index contributed by atoms with van der Waals surface area (Å²) in [5.41, 5.74) is 0.897. The van der Waals surface area contributed by atoms with Crippen molar-refractivity contribution in [2.45, 2.75) is 19.0 Å². The summed E-state index contributed by atoms with van der Waals surface area (Å²) in [6, 6.07) is 13.0. The SMILES string of the molecule is CCOc1ccc(C(CN2C(=O)C(O)=C(C(=O)c3ccco3)C2c2ccco2)N(C)C)cc1. The van der Waals surface area contributed by atoms with Gasteiger partial charge in [-0.15, -0.1) is 0 Å². The summed E-state index contributed by atoms with van der Waals surface area (Å²) in [6.07, 6.45) is 2.84. The van der Waals surface area contributed by atoms with Gasteiger partial charge in [-0.25, -0.2) is 0 Å². The maximum absolute atomic E-state index is 13.2. The number of ketones is 1. The average Bonchev–Trinajstić information content (AvgIpc) is 3.56. The predicted octanol–water partition coefficient (Wildman–Crippen LogP) is 4.15. The monoisotopic (exact) mass is 450 g/mol. The van der Waals surface area contributed by atoms with E-state index in [1.54, 1.807) is 18.2 Å². The number of Topliss-reactive ketones (excluding diaryl/α,β-unsaturated/α-hetero) is 1. The third kappa shape index (κ3) is 4.29. The van der Waals surface area contributed by atoms with Crippen molar-refractivity contribution >= 4 is 11.7 Å². The van der Waals surface area contributed by atoms with Crippen molar-refractivity contribution in [1.82, 2.24) is 9.80 Å². The van der Waals surface area contributed by atoms with Crippen molar-refractivity contribution in [3.05, 3.63) is 89.5 Å². The largest absolute Gasteiger partial charge is 0.503 e. The van der Waals surface area contributed by atoms with Crippen LogP contribution in [-0.2, 0) is 4.79 Å². The lowest BCUT2D eigenvalue weighted by atomic mass is 9.98. The number of benzene rings is 1. The van der Waals surface area contributed by atoms with Crippen LogP contribution >= 0.6 is 0 Å². The standard InChI is InChI=1S/C25H26N2O6/c1-4-31-17-11-9-16(10-12-17)18(26(2)3)15-27-22(19-7-5-13-32-19)21(24(29)25(27)30)23(28)20-8-6-14-33-20/h5-14,18,22,29H,4,15H2,1-3H3. The minimum absolute atomic E-state index is 0.0402. The molecule has 0 saturated carbocycles. The van der Waals surface area contributed by atoms with Gasteiger partial charge < -0.3 is 28.5 Å². The molecule has 1 amide bonds. The Labute approximate surface area is 191 Å². The number of carbonyl (C=O) groups is 2. The Kier molecular flexibility index (Phi) is 6.37. The van der Waals surface area contributed by atoms with Crippen LogP contribution in [0.3, 0.4) is 0 Å². The highest BCUT2D eigenvalue weighted by molar-refractivity contribution is 6.14. The van der Waals surface area contributed by atoms with Crippen molar-refractivity contribution in [3.63, 3.8) is 0 Å². The van der Waals surface area contributed by atoms with Gasteiger partial charge in [0.25, 0.3) is 5.91 Å². The first-order chi connectivity index (χ1) is 15.9. The molecule has 0 spiro atoms. The van der Waals surface area contributed by atoms with Gasteiger partial charge in [-0.1, -0.05) is 12.1 Å². The number of rotatable bonds is 9. The number of furan rings is 2. The molecule has 1 aromatic carbocycles. The average molecular weight is 450 g/mol. The van der Waals surface area contributed by atoms with Crippen LogP contribution in [0.1, 0.15) is 40.9 Å². The van der Waals surface area contributed by atoms with Crippen LogP contribution in [0, 0.1) is 0 Å². The summed E-state index contributed by atoms with van der Waals surface area (Å²) in [5, 5.41) is 10.7. The lowest BCUT2D eigenvalue weighted by Crippen LogP contribution is -2.38. The molecule has 3 aromatic rings. The van der Waals surface area contributed by atoms with E-state index in [9.17, 15) is 14.7 Å². The first kappa shape index (κ1) is 22.4. The fourth-order valence-corrected chi connectivity index (χ4v) is 4.06. The van der Waals surface area contributed by atoms with Crippen molar-refractivity contribution in [2.24, 2.45) is 0 Å². The second kappa shape index (κ2) is 9.38. The maximum Gasteiger partial charge on any atom is 0.290 e. The van der Waals surface area contributed by atoms with Crippen LogP contribution < -0.4 is 4.74 Å². The summed E-state index contributed by atoms with van der Waals surface area (Å²) in [7, 11) is 3.82. The molecule has 2 aromatic heterocycles. The summed E-state index contributed by atoms with van der Waals surface area (Å²) in [5.74, 6) is -0.608. The van der Waals surface area contributed by atoms with E-state index in [0.717, 1.165) is 11.3 Å². The number of aliphatic hydroxyl groups is 1. The van der Waals surface area contributed by atoms with Crippen molar-refractivity contribution in [1.29, 1.82) is 0 Å². The fraction of sp³-hybridized carbons (Fsp3) is 0.280. The molecular formula is C25H26N2O6. The Morgan fingerprint density at radius 3 is 2.39 bits per heavy atom. The highest BCUT2D eigenvalue weighted by Gasteiger charge is 2.46. The highest BCUT2D eigenvalue weighted by atomic mass is 16.5. The third-order valence-corrected chi connectivity index (χ3v) is 5.67. The van der Waals surface area contributed by atoms with Crippen LogP contribution in [0.2, 0.25) is 0 Å². The molecule has 0 radical (unpaired) electrons. The smallest absolute Gasteiger partial charge is 0.290 e. The van der Waals surface area contributed by atoms with E-state index in [4.69, 9.17) is 13.6 Å². The second-order valence-corrected chi connectivity index (χ2v) is 7.93. The van der Waals surface area contributed by atoms with E-state index in [2.05, 4.69) is 0 Å². The van der Waals surface area contributed by atoms with E-state index in [1.165, 1.54) is 23.5 Å². The van der Waals surface area contributed by atoms with Crippen molar-refractivity contribution in [2.75, 3.05) is 27.2 Å². The quantitative estimate of drug-likeness (QED) is 0.489. The first-order valence-electron chi connectivity index (χ1n) is 10.7. The van der Waals surface area contributed by atoms with Crippen molar-refractivity contribution in [3.8, 4) is 5.75 Å². The Morgan fingerprint density at radius 1 is 1.12 bits per heavy atom. The van der Waals surface area contributed by atoms with Crippen molar-refractivity contribution < 1.29 is 28.3 Å². The van der Waals surface area contributed by atoms with Gasteiger partial charge in [-0.2, -0.15) is 0 Å². The number of hydrogen-bond acceptors (Lipinski definition) is 7. The molecule has 0 fully saturated rings. The van der Waals surface area contributed by atoms with Gasteiger partial charge >= 0.3 is 0 Å². The van der Waals surface area contributed by atoms with Crippen LogP contribution in [-0.4, -0.2) is 53.8 Å². The molecule has 3 heterocycles. The van der Waals surface area contributed by atoms with E-state index in [-0.39, 0.29) is 23.9 Å². The number of hydrogen-bond donors (Lipinski definition) is 1. The molecule has 2 unspecified atom stereocenters. The number of nitrogens with zero attached hydrogens (tertiary/aromatic N) is 2. The molecule has 8 heteroatoms. The predicted molar refractivity (Wildman–Crippen MR) is 120 cm³/mol. The van der Waals surface area contributed by atoms with Gasteiger partial charge in [0, 0.05) is 6.54 Å². The maximum atomic E-state index is 13.2. The third-order valence-electron chi connectivity index (χ3n) is 5.67. The molecule has 1 aliphatic heterocycles. The Morgan fingerprint density at radius 2 is 1.82 bits per heavy atom. The van der Waals surface area contributed by atoms with Crippen LogP contribution in [0.4, 0.5) is 0 Å². The second-order valence-electron chi connectivity index (χ2n) is 7.93. The Hall–Kier alpha value is -3.78. The molecular weight excluding hydrogens is 424 g/mol. The summed E-state index contributed by atoms with van der Waals surface area (Å²) in [4.78, 5) is 29.8. The van der Waals surface area contributed by atoms with E-state index < -0.39 is 23.5 Å². The van der Waals surface area contributed by atoms with E-state index >= 15 is 0 Å². The van der Waals surface area contributed by atoms with Gasteiger partial charge in [-0.3, -0.25) is 9.59 Å². The Bertz CT molecular complexity index is 1130. The van der Waals surface area contributed by atoms with E-state index in [0.29, 0.717) is 12.4 Å². The Balaban J connectivity index is 1.69. The van der Waals surface area contributed by atoms with E-state index in [1.807, 2.05) is 50.2 Å². The normalized spacial score (nSPS) is 17.2. The molecule has 4 rings (SSSR count).